The van der Waals surface area contributed by atoms with E-state index in [1.54, 1.807) is 49.6 Å². The maximum atomic E-state index is 13.4. The number of methoxy groups -OCH3 is 2. The molecule has 4 rings (SSSR count). The van der Waals surface area contributed by atoms with Crippen molar-refractivity contribution in [3.8, 4) is 11.5 Å². The standard InChI is InChI=1S/C21H18AsNO5S/c1-27-15-9-7-14(8-10-15)22-29(25,26)19-12-11-18(28-2)21-20(19)16-5-3-4-6-17(16)23(21)13-24/h3-13,22H,1-2H3. The summed E-state index contributed by atoms with van der Waals surface area (Å²) in [5, 5.41) is 1.22. The predicted octanol–water partition coefficient (Wildman–Crippen LogP) is 2.30. The van der Waals surface area contributed by atoms with Gasteiger partial charge in [0.1, 0.15) is 0 Å². The molecule has 3 aromatic carbocycles. The molecule has 1 unspecified atom stereocenters. The number of fused-ring (bicyclic) bond motifs is 3. The second-order valence-electron chi connectivity index (χ2n) is 6.32. The molecule has 6 nitrogen and oxygen atoms in total. The SMILES string of the molecule is COc1ccc([AsH]S(=O)(=O)c2ccc(OC)c3c2c2ccccc2n3C=O)cc1. The van der Waals surface area contributed by atoms with E-state index in [2.05, 4.69) is 0 Å². The first-order valence-electron chi connectivity index (χ1n) is 8.72. The van der Waals surface area contributed by atoms with Crippen molar-refractivity contribution >= 4 is 55.3 Å². The van der Waals surface area contributed by atoms with Gasteiger partial charge in [0, 0.05) is 0 Å². The third-order valence-corrected chi connectivity index (χ3v) is 11.4. The second-order valence-corrected chi connectivity index (χ2v) is 13.8. The molecule has 0 fully saturated rings. The summed E-state index contributed by atoms with van der Waals surface area (Å²) in [6.07, 6.45) is 0.684. The fourth-order valence-electron chi connectivity index (χ4n) is 3.44. The Morgan fingerprint density at radius 3 is 2.31 bits per heavy atom. The number of hydrogen-bond donors (Lipinski definition) is 0. The third kappa shape index (κ3) is 3.30. The summed E-state index contributed by atoms with van der Waals surface area (Å²) in [6.45, 7) is 0. The van der Waals surface area contributed by atoms with Crippen molar-refractivity contribution < 1.29 is 22.7 Å². The van der Waals surface area contributed by atoms with Gasteiger partial charge in [0.25, 0.3) is 0 Å². The molecule has 0 N–H and O–H groups in total. The van der Waals surface area contributed by atoms with E-state index in [9.17, 15) is 13.2 Å². The summed E-state index contributed by atoms with van der Waals surface area (Å²) in [7, 11) is -0.502. The number of hydrogen-bond acceptors (Lipinski definition) is 5. The first-order valence-corrected chi connectivity index (χ1v) is 13.8. The molecule has 4 aromatic rings. The van der Waals surface area contributed by atoms with E-state index in [0.29, 0.717) is 39.7 Å². The molecular weight excluding hydrogens is 453 g/mol. The van der Waals surface area contributed by atoms with Crippen molar-refractivity contribution in [3.63, 3.8) is 0 Å². The van der Waals surface area contributed by atoms with Crippen LogP contribution in [0.3, 0.4) is 0 Å². The number of para-hydroxylation sites is 1. The monoisotopic (exact) mass is 471 g/mol. The quantitative estimate of drug-likeness (QED) is 0.319. The molecule has 0 radical (unpaired) electrons. The Morgan fingerprint density at radius 2 is 1.66 bits per heavy atom. The van der Waals surface area contributed by atoms with Crippen LogP contribution in [0.5, 0.6) is 11.5 Å². The Morgan fingerprint density at radius 1 is 0.931 bits per heavy atom. The Bertz CT molecular complexity index is 1330. The molecule has 29 heavy (non-hydrogen) atoms. The topological polar surface area (TPSA) is 74.6 Å². The van der Waals surface area contributed by atoms with Gasteiger partial charge in [0.15, 0.2) is 0 Å². The molecular formula is C21H18AsNO5S. The zero-order valence-electron chi connectivity index (χ0n) is 15.7. The molecule has 1 atom stereocenters. The molecule has 8 heteroatoms. The molecule has 0 bridgehead atoms. The average molecular weight is 471 g/mol. The minimum absolute atomic E-state index is 0.223. The Kier molecular flexibility index (Phi) is 5.11. The maximum absolute atomic E-state index is 13.4. The van der Waals surface area contributed by atoms with E-state index in [0.717, 1.165) is 4.35 Å². The van der Waals surface area contributed by atoms with Crippen molar-refractivity contribution in [1.29, 1.82) is 0 Å². The molecule has 0 spiro atoms. The van der Waals surface area contributed by atoms with Gasteiger partial charge in [-0.25, -0.2) is 0 Å². The van der Waals surface area contributed by atoms with Crippen LogP contribution in [0, 0.1) is 0 Å². The van der Waals surface area contributed by atoms with Crippen LogP contribution in [0.25, 0.3) is 21.8 Å². The first kappa shape index (κ1) is 19.6. The first-order chi connectivity index (χ1) is 14.0. The zero-order chi connectivity index (χ0) is 20.6. The van der Waals surface area contributed by atoms with Crippen molar-refractivity contribution in [3.05, 3.63) is 60.7 Å². The van der Waals surface area contributed by atoms with Crippen LogP contribution in [0.2, 0.25) is 0 Å². The fraction of sp³-hybridized carbons (Fsp3) is 0.0952. The summed E-state index contributed by atoms with van der Waals surface area (Å²) < 4.78 is 39.6. The van der Waals surface area contributed by atoms with Crippen LogP contribution < -0.4 is 13.8 Å². The van der Waals surface area contributed by atoms with Gasteiger partial charge >= 0.3 is 174 Å². The average Bonchev–Trinajstić information content (AvgIpc) is 3.08. The number of carbonyl (C=O) groups excluding carboxylic acids is 1. The van der Waals surface area contributed by atoms with E-state index in [1.165, 1.54) is 11.7 Å². The van der Waals surface area contributed by atoms with E-state index >= 15 is 0 Å². The van der Waals surface area contributed by atoms with E-state index in [4.69, 9.17) is 9.47 Å². The summed E-state index contributed by atoms with van der Waals surface area (Å²) >= 11 is -1.54. The van der Waals surface area contributed by atoms with Crippen LogP contribution in [0.4, 0.5) is 0 Å². The number of aromatic nitrogens is 1. The zero-order valence-corrected chi connectivity index (χ0v) is 18.7. The number of ether oxygens (including phenoxy) is 2. The summed E-state index contributed by atoms with van der Waals surface area (Å²) in [6, 6.07) is 17.5. The van der Waals surface area contributed by atoms with Crippen molar-refractivity contribution in [2.24, 2.45) is 0 Å². The van der Waals surface area contributed by atoms with E-state index in [1.807, 2.05) is 18.2 Å². The van der Waals surface area contributed by atoms with E-state index < -0.39 is 22.7 Å². The summed E-state index contributed by atoms with van der Waals surface area (Å²) in [5.74, 6) is 1.13. The van der Waals surface area contributed by atoms with Crippen LogP contribution in [0.1, 0.15) is 0 Å². The van der Waals surface area contributed by atoms with Crippen molar-refractivity contribution in [2.75, 3.05) is 14.2 Å². The van der Waals surface area contributed by atoms with Crippen molar-refractivity contribution in [2.45, 2.75) is 4.90 Å². The van der Waals surface area contributed by atoms with Gasteiger partial charge in [-0.05, 0) is 0 Å². The molecule has 0 saturated carbocycles. The molecule has 0 aliphatic carbocycles. The second kappa shape index (κ2) is 7.58. The number of nitrogens with zero attached hydrogens (tertiary/aromatic N) is 1. The molecule has 148 valence electrons. The normalized spacial score (nSPS) is 12.1. The molecule has 1 aromatic heterocycles. The predicted molar refractivity (Wildman–Crippen MR) is 115 cm³/mol. The van der Waals surface area contributed by atoms with Crippen LogP contribution in [0.15, 0.2) is 65.6 Å². The van der Waals surface area contributed by atoms with Crippen molar-refractivity contribution in [1.82, 2.24) is 4.57 Å². The number of benzene rings is 3. The van der Waals surface area contributed by atoms with Crippen LogP contribution in [-0.2, 0) is 12.9 Å². The van der Waals surface area contributed by atoms with Gasteiger partial charge in [-0.15, -0.1) is 0 Å². The minimum atomic E-state index is -3.57. The fourth-order valence-corrected chi connectivity index (χ4v) is 9.64. The molecule has 0 aliphatic rings. The molecule has 1 heterocycles. The number of rotatable bonds is 6. The van der Waals surface area contributed by atoms with Crippen LogP contribution >= 0.6 is 0 Å². The molecule has 0 aliphatic heterocycles. The van der Waals surface area contributed by atoms with Gasteiger partial charge in [-0.1, -0.05) is 0 Å². The summed E-state index contributed by atoms with van der Waals surface area (Å²) in [4.78, 5) is 12.1. The third-order valence-electron chi connectivity index (χ3n) is 4.73. The van der Waals surface area contributed by atoms with Gasteiger partial charge in [-0.3, -0.25) is 0 Å². The molecule has 0 amide bonds. The summed E-state index contributed by atoms with van der Waals surface area (Å²) in [5.41, 5.74) is 1.11. The van der Waals surface area contributed by atoms with Gasteiger partial charge < -0.3 is 0 Å². The van der Waals surface area contributed by atoms with Gasteiger partial charge in [0.2, 0.25) is 0 Å². The van der Waals surface area contributed by atoms with Crippen LogP contribution in [-0.4, -0.2) is 48.2 Å². The molecule has 0 saturated heterocycles. The van der Waals surface area contributed by atoms with Gasteiger partial charge in [0.05, 0.1) is 0 Å². The Hall–Kier alpha value is -2.76. The number of carbonyl (C=O) groups is 1. The van der Waals surface area contributed by atoms with Gasteiger partial charge in [-0.2, -0.15) is 0 Å². The Labute approximate surface area is 173 Å². The Balaban J connectivity index is 1.97. The van der Waals surface area contributed by atoms with E-state index in [-0.39, 0.29) is 4.90 Å².